The number of rotatable bonds is 6. The number of hydrogen-bond donors (Lipinski definition) is 1. The van der Waals surface area contributed by atoms with Gasteiger partial charge in [-0.1, -0.05) is 19.0 Å². The minimum atomic E-state index is -0.456. The Labute approximate surface area is 124 Å². The van der Waals surface area contributed by atoms with Crippen molar-refractivity contribution in [1.29, 1.82) is 0 Å². The van der Waals surface area contributed by atoms with Gasteiger partial charge in [0.1, 0.15) is 5.82 Å². The van der Waals surface area contributed by atoms with Crippen LogP contribution < -0.4 is 4.90 Å². The summed E-state index contributed by atoms with van der Waals surface area (Å²) in [4.78, 5) is 10.7. The van der Waals surface area contributed by atoms with E-state index in [-0.39, 0.29) is 6.61 Å². The lowest BCUT2D eigenvalue weighted by molar-refractivity contribution is 0.146. The summed E-state index contributed by atoms with van der Waals surface area (Å²) in [5.41, 5.74) is 0.345. The monoisotopic (exact) mass is 290 g/mol. The van der Waals surface area contributed by atoms with Crippen molar-refractivity contribution in [3.8, 4) is 11.4 Å². The molecule has 0 fully saturated rings. The molecule has 0 radical (unpaired) electrons. The highest BCUT2D eigenvalue weighted by Crippen LogP contribution is 2.31. The van der Waals surface area contributed by atoms with Crippen LogP contribution in [0.4, 0.5) is 5.82 Å². The second-order valence-electron chi connectivity index (χ2n) is 5.37. The third-order valence-corrected chi connectivity index (χ3v) is 4.00. The summed E-state index contributed by atoms with van der Waals surface area (Å²) in [5, 5.41) is 13.7. The van der Waals surface area contributed by atoms with Crippen molar-refractivity contribution in [3.63, 3.8) is 0 Å². The fourth-order valence-corrected chi connectivity index (χ4v) is 2.18. The highest BCUT2D eigenvalue weighted by Gasteiger charge is 2.34. The van der Waals surface area contributed by atoms with Crippen molar-refractivity contribution in [2.45, 2.75) is 32.1 Å². The Balaban J connectivity index is 2.31. The second-order valence-corrected chi connectivity index (χ2v) is 5.37. The highest BCUT2D eigenvalue weighted by atomic mass is 16.5. The van der Waals surface area contributed by atoms with Gasteiger partial charge in [0.2, 0.25) is 11.7 Å². The predicted octanol–water partition coefficient (Wildman–Crippen LogP) is 2.25. The van der Waals surface area contributed by atoms with E-state index in [9.17, 15) is 5.11 Å². The minimum absolute atomic E-state index is 0.000545. The van der Waals surface area contributed by atoms with Crippen molar-refractivity contribution in [2.24, 2.45) is 0 Å². The van der Waals surface area contributed by atoms with Gasteiger partial charge in [0.15, 0.2) is 0 Å². The third kappa shape index (κ3) is 2.90. The Kier molecular flexibility index (Phi) is 4.57. The van der Waals surface area contributed by atoms with Crippen molar-refractivity contribution < 1.29 is 9.63 Å². The zero-order valence-electron chi connectivity index (χ0n) is 13.0. The molecule has 0 spiro atoms. The maximum atomic E-state index is 9.66. The molecule has 0 unspecified atom stereocenters. The standard InChI is InChI=1S/C15H22N4O2/c1-5-15(6-2,10-20)14-17-13(18-21-14)11-7-8-12(16-9-11)19(3)4/h7-9,20H,5-6,10H2,1-4H3. The molecule has 2 aromatic rings. The lowest BCUT2D eigenvalue weighted by Crippen LogP contribution is -2.29. The largest absolute Gasteiger partial charge is 0.395 e. The van der Waals surface area contributed by atoms with Crippen LogP contribution in [0.5, 0.6) is 0 Å². The van der Waals surface area contributed by atoms with Gasteiger partial charge in [-0.25, -0.2) is 4.98 Å². The van der Waals surface area contributed by atoms with E-state index < -0.39 is 5.41 Å². The van der Waals surface area contributed by atoms with Gasteiger partial charge in [0.25, 0.3) is 0 Å². The average molecular weight is 290 g/mol. The molecule has 0 saturated heterocycles. The molecule has 1 N–H and O–H groups in total. The third-order valence-electron chi connectivity index (χ3n) is 4.00. The molecule has 0 aliphatic heterocycles. The first kappa shape index (κ1) is 15.4. The van der Waals surface area contributed by atoms with E-state index in [0.29, 0.717) is 11.7 Å². The first-order valence-electron chi connectivity index (χ1n) is 7.15. The van der Waals surface area contributed by atoms with Gasteiger partial charge in [0, 0.05) is 25.9 Å². The summed E-state index contributed by atoms with van der Waals surface area (Å²) in [7, 11) is 3.87. The van der Waals surface area contributed by atoms with Crippen molar-refractivity contribution in [3.05, 3.63) is 24.2 Å². The smallest absolute Gasteiger partial charge is 0.235 e. The van der Waals surface area contributed by atoms with Crippen LogP contribution >= 0.6 is 0 Å². The Morgan fingerprint density at radius 3 is 2.43 bits per heavy atom. The first-order chi connectivity index (χ1) is 10.1. The van der Waals surface area contributed by atoms with Gasteiger partial charge < -0.3 is 14.5 Å². The van der Waals surface area contributed by atoms with Crippen molar-refractivity contribution in [2.75, 3.05) is 25.6 Å². The number of nitrogens with zero attached hydrogens (tertiary/aromatic N) is 4. The first-order valence-corrected chi connectivity index (χ1v) is 7.15. The molecule has 0 aromatic carbocycles. The maximum Gasteiger partial charge on any atom is 0.235 e. The van der Waals surface area contributed by atoms with E-state index in [1.807, 2.05) is 45.0 Å². The molecule has 0 atom stereocenters. The van der Waals surface area contributed by atoms with Gasteiger partial charge in [-0.15, -0.1) is 0 Å². The quantitative estimate of drug-likeness (QED) is 0.879. The summed E-state index contributed by atoms with van der Waals surface area (Å²) < 4.78 is 5.38. The molecule has 0 aliphatic rings. The summed E-state index contributed by atoms with van der Waals surface area (Å²) in [5.74, 6) is 1.86. The molecule has 0 aliphatic carbocycles. The van der Waals surface area contributed by atoms with Crippen LogP contribution in [0.25, 0.3) is 11.4 Å². The summed E-state index contributed by atoms with van der Waals surface area (Å²) >= 11 is 0. The van der Waals surface area contributed by atoms with Crippen LogP contribution in [0.2, 0.25) is 0 Å². The molecule has 2 rings (SSSR count). The van der Waals surface area contributed by atoms with E-state index in [4.69, 9.17) is 4.52 Å². The average Bonchev–Trinajstić information content (AvgIpc) is 3.00. The Bertz CT molecular complexity index is 565. The topological polar surface area (TPSA) is 75.3 Å². The van der Waals surface area contributed by atoms with Gasteiger partial charge in [-0.3, -0.25) is 0 Å². The van der Waals surface area contributed by atoms with Crippen LogP contribution in [0.3, 0.4) is 0 Å². The number of pyridine rings is 1. The van der Waals surface area contributed by atoms with E-state index in [1.54, 1.807) is 6.20 Å². The Hall–Kier alpha value is -1.95. The molecule has 0 saturated carbocycles. The van der Waals surface area contributed by atoms with Crippen LogP contribution in [0, 0.1) is 0 Å². The van der Waals surface area contributed by atoms with Crippen molar-refractivity contribution in [1.82, 2.24) is 15.1 Å². The van der Waals surface area contributed by atoms with Gasteiger partial charge >= 0.3 is 0 Å². The lowest BCUT2D eigenvalue weighted by Gasteiger charge is -2.24. The van der Waals surface area contributed by atoms with Gasteiger partial charge in [0.05, 0.1) is 12.0 Å². The van der Waals surface area contributed by atoms with Gasteiger partial charge in [-0.2, -0.15) is 4.98 Å². The number of anilines is 1. The SMILES string of the molecule is CCC(CC)(CO)c1nc(-c2ccc(N(C)C)nc2)no1. The molecule has 114 valence electrons. The molecule has 2 heterocycles. The highest BCUT2D eigenvalue weighted by molar-refractivity contribution is 5.55. The molecule has 2 aromatic heterocycles. The predicted molar refractivity (Wildman–Crippen MR) is 81.2 cm³/mol. The Morgan fingerprint density at radius 1 is 1.24 bits per heavy atom. The van der Waals surface area contributed by atoms with Crippen LogP contribution in [0.1, 0.15) is 32.6 Å². The Morgan fingerprint density at radius 2 is 1.95 bits per heavy atom. The van der Waals surface area contributed by atoms with Crippen LogP contribution in [-0.4, -0.2) is 40.9 Å². The van der Waals surface area contributed by atoms with E-state index in [0.717, 1.165) is 24.2 Å². The molecular formula is C15H22N4O2. The van der Waals surface area contributed by atoms with E-state index in [2.05, 4.69) is 15.1 Å². The molecular weight excluding hydrogens is 268 g/mol. The molecule has 0 bridgehead atoms. The lowest BCUT2D eigenvalue weighted by atomic mass is 9.83. The maximum absolute atomic E-state index is 9.66. The fraction of sp³-hybridized carbons (Fsp3) is 0.533. The van der Waals surface area contributed by atoms with Crippen LogP contribution in [-0.2, 0) is 5.41 Å². The van der Waals surface area contributed by atoms with Crippen molar-refractivity contribution >= 4 is 5.82 Å². The number of aliphatic hydroxyl groups is 1. The number of aliphatic hydroxyl groups excluding tert-OH is 1. The van der Waals surface area contributed by atoms with E-state index >= 15 is 0 Å². The fourth-order valence-electron chi connectivity index (χ4n) is 2.18. The molecule has 6 heteroatoms. The summed E-state index contributed by atoms with van der Waals surface area (Å²) in [6.45, 7) is 4.02. The molecule has 21 heavy (non-hydrogen) atoms. The normalized spacial score (nSPS) is 11.7. The van der Waals surface area contributed by atoms with E-state index in [1.165, 1.54) is 0 Å². The molecule has 6 nitrogen and oxygen atoms in total. The number of aromatic nitrogens is 3. The zero-order valence-corrected chi connectivity index (χ0v) is 13.0. The van der Waals surface area contributed by atoms with Gasteiger partial charge in [-0.05, 0) is 25.0 Å². The molecule has 0 amide bonds. The minimum Gasteiger partial charge on any atom is -0.395 e. The second kappa shape index (κ2) is 6.22. The zero-order chi connectivity index (χ0) is 15.5. The van der Waals surface area contributed by atoms with Crippen LogP contribution in [0.15, 0.2) is 22.9 Å². The summed E-state index contributed by atoms with van der Waals surface area (Å²) in [6, 6.07) is 3.82. The number of hydrogen-bond acceptors (Lipinski definition) is 6. The summed E-state index contributed by atoms with van der Waals surface area (Å²) in [6.07, 6.45) is 3.22.